The van der Waals surface area contributed by atoms with Gasteiger partial charge in [-0.1, -0.05) is 43.3 Å². The number of hydrogen-bond donors (Lipinski definition) is 1. The zero-order valence-electron chi connectivity index (χ0n) is 12.6. The number of nitrogens with one attached hydrogen (secondary N) is 1. The SMILES string of the molecule is CCc1ccccc1NC(=O)CCc1ccccc1OC. The van der Waals surface area contributed by atoms with Gasteiger partial charge in [0.05, 0.1) is 7.11 Å². The molecule has 3 heteroatoms. The molecule has 0 bridgehead atoms. The summed E-state index contributed by atoms with van der Waals surface area (Å²) in [6.45, 7) is 2.08. The first-order valence-corrected chi connectivity index (χ1v) is 7.24. The van der Waals surface area contributed by atoms with Gasteiger partial charge in [-0.3, -0.25) is 4.79 Å². The molecule has 21 heavy (non-hydrogen) atoms. The van der Waals surface area contributed by atoms with Crippen molar-refractivity contribution < 1.29 is 9.53 Å². The molecule has 0 atom stereocenters. The van der Waals surface area contributed by atoms with Gasteiger partial charge in [0.15, 0.2) is 0 Å². The van der Waals surface area contributed by atoms with Gasteiger partial charge in [0.1, 0.15) is 5.75 Å². The number of hydrogen-bond acceptors (Lipinski definition) is 2. The third-order valence-electron chi connectivity index (χ3n) is 3.49. The summed E-state index contributed by atoms with van der Waals surface area (Å²) < 4.78 is 5.30. The molecule has 0 fully saturated rings. The van der Waals surface area contributed by atoms with Crippen LogP contribution in [0.25, 0.3) is 0 Å². The number of aryl methyl sites for hydroxylation is 2. The van der Waals surface area contributed by atoms with E-state index in [9.17, 15) is 4.79 Å². The normalized spacial score (nSPS) is 10.2. The fraction of sp³-hybridized carbons (Fsp3) is 0.278. The molecular weight excluding hydrogens is 262 g/mol. The minimum Gasteiger partial charge on any atom is -0.496 e. The Bertz CT molecular complexity index is 608. The van der Waals surface area contributed by atoms with Crippen molar-refractivity contribution in [1.82, 2.24) is 0 Å². The second kappa shape index (κ2) is 7.48. The monoisotopic (exact) mass is 283 g/mol. The summed E-state index contributed by atoms with van der Waals surface area (Å²) in [7, 11) is 1.65. The first-order chi connectivity index (χ1) is 10.2. The van der Waals surface area contributed by atoms with Crippen LogP contribution in [0.2, 0.25) is 0 Å². The van der Waals surface area contributed by atoms with Crippen molar-refractivity contribution in [3.05, 3.63) is 59.7 Å². The van der Waals surface area contributed by atoms with E-state index in [4.69, 9.17) is 4.74 Å². The largest absolute Gasteiger partial charge is 0.496 e. The number of anilines is 1. The van der Waals surface area contributed by atoms with E-state index in [0.717, 1.165) is 29.0 Å². The minimum atomic E-state index is 0.0295. The Morgan fingerprint density at radius 1 is 1.05 bits per heavy atom. The number of carbonyl (C=O) groups is 1. The van der Waals surface area contributed by atoms with E-state index >= 15 is 0 Å². The number of rotatable bonds is 6. The fourth-order valence-electron chi connectivity index (χ4n) is 2.32. The van der Waals surface area contributed by atoms with Crippen LogP contribution in [-0.4, -0.2) is 13.0 Å². The van der Waals surface area contributed by atoms with Gasteiger partial charge >= 0.3 is 0 Å². The number of benzene rings is 2. The highest BCUT2D eigenvalue weighted by atomic mass is 16.5. The highest BCUT2D eigenvalue weighted by Gasteiger charge is 2.08. The van der Waals surface area contributed by atoms with E-state index in [1.165, 1.54) is 0 Å². The summed E-state index contributed by atoms with van der Waals surface area (Å²) in [5.74, 6) is 0.862. The van der Waals surface area contributed by atoms with Crippen molar-refractivity contribution in [2.45, 2.75) is 26.2 Å². The fourth-order valence-corrected chi connectivity index (χ4v) is 2.32. The standard InChI is InChI=1S/C18H21NO2/c1-3-14-8-4-6-10-16(14)19-18(20)13-12-15-9-5-7-11-17(15)21-2/h4-11H,3,12-13H2,1-2H3,(H,19,20). The topological polar surface area (TPSA) is 38.3 Å². The van der Waals surface area contributed by atoms with Crippen LogP contribution in [0.1, 0.15) is 24.5 Å². The van der Waals surface area contributed by atoms with E-state index in [1.807, 2.05) is 48.5 Å². The quantitative estimate of drug-likeness (QED) is 0.875. The molecule has 0 spiro atoms. The predicted molar refractivity (Wildman–Crippen MR) is 85.8 cm³/mol. The summed E-state index contributed by atoms with van der Waals surface area (Å²) in [4.78, 5) is 12.1. The molecule has 110 valence electrons. The van der Waals surface area contributed by atoms with Crippen LogP contribution in [0.3, 0.4) is 0 Å². The van der Waals surface area contributed by atoms with Crippen molar-refractivity contribution in [1.29, 1.82) is 0 Å². The highest BCUT2D eigenvalue weighted by Crippen LogP contribution is 2.20. The first-order valence-electron chi connectivity index (χ1n) is 7.24. The van der Waals surface area contributed by atoms with Crippen LogP contribution >= 0.6 is 0 Å². The maximum absolute atomic E-state index is 12.1. The number of amides is 1. The Labute approximate surface area is 126 Å². The van der Waals surface area contributed by atoms with E-state index in [1.54, 1.807) is 7.11 Å². The van der Waals surface area contributed by atoms with E-state index in [-0.39, 0.29) is 5.91 Å². The van der Waals surface area contributed by atoms with Crippen LogP contribution in [0.4, 0.5) is 5.69 Å². The second-order valence-electron chi connectivity index (χ2n) is 4.87. The van der Waals surface area contributed by atoms with Gasteiger partial charge in [-0.2, -0.15) is 0 Å². The molecule has 0 heterocycles. The Morgan fingerprint density at radius 2 is 1.71 bits per heavy atom. The molecule has 2 aromatic carbocycles. The van der Waals surface area contributed by atoms with Crippen LogP contribution < -0.4 is 10.1 Å². The summed E-state index contributed by atoms with van der Waals surface area (Å²) in [5.41, 5.74) is 3.12. The zero-order chi connectivity index (χ0) is 15.1. The van der Waals surface area contributed by atoms with Gasteiger partial charge in [-0.25, -0.2) is 0 Å². The summed E-state index contributed by atoms with van der Waals surface area (Å²) >= 11 is 0. The molecule has 0 aliphatic carbocycles. The molecule has 3 nitrogen and oxygen atoms in total. The molecule has 0 unspecified atom stereocenters. The first kappa shape index (κ1) is 15.1. The summed E-state index contributed by atoms with van der Waals surface area (Å²) in [6.07, 6.45) is 2.02. The molecule has 0 aliphatic rings. The molecule has 0 saturated carbocycles. The van der Waals surface area contributed by atoms with Crippen molar-refractivity contribution in [3.8, 4) is 5.75 Å². The highest BCUT2D eigenvalue weighted by molar-refractivity contribution is 5.91. The second-order valence-corrected chi connectivity index (χ2v) is 4.87. The van der Waals surface area contributed by atoms with Crippen LogP contribution in [-0.2, 0) is 17.6 Å². The number of methoxy groups -OCH3 is 1. The van der Waals surface area contributed by atoms with Gasteiger partial charge in [-0.15, -0.1) is 0 Å². The third kappa shape index (κ3) is 4.09. The van der Waals surface area contributed by atoms with Gasteiger partial charge in [0.2, 0.25) is 5.91 Å². The molecule has 2 aromatic rings. The molecule has 0 aromatic heterocycles. The van der Waals surface area contributed by atoms with Gasteiger partial charge in [0.25, 0.3) is 0 Å². The number of para-hydroxylation sites is 2. The summed E-state index contributed by atoms with van der Waals surface area (Å²) in [5, 5.41) is 2.99. The van der Waals surface area contributed by atoms with Crippen LogP contribution in [0.15, 0.2) is 48.5 Å². The minimum absolute atomic E-state index is 0.0295. The lowest BCUT2D eigenvalue weighted by atomic mass is 10.1. The number of ether oxygens (including phenoxy) is 1. The maximum Gasteiger partial charge on any atom is 0.224 e. The average molecular weight is 283 g/mol. The van der Waals surface area contributed by atoms with Crippen LogP contribution in [0.5, 0.6) is 5.75 Å². The molecule has 1 amide bonds. The van der Waals surface area contributed by atoms with Gasteiger partial charge in [0, 0.05) is 12.1 Å². The lowest BCUT2D eigenvalue weighted by molar-refractivity contribution is -0.116. The van der Waals surface area contributed by atoms with Gasteiger partial charge in [-0.05, 0) is 36.1 Å². The Balaban J connectivity index is 1.96. The lowest BCUT2D eigenvalue weighted by Gasteiger charge is -2.11. The predicted octanol–water partition coefficient (Wildman–Crippen LogP) is 3.83. The molecular formula is C18H21NO2. The third-order valence-corrected chi connectivity index (χ3v) is 3.49. The molecule has 0 aliphatic heterocycles. The zero-order valence-corrected chi connectivity index (χ0v) is 12.6. The van der Waals surface area contributed by atoms with E-state index in [2.05, 4.69) is 12.2 Å². The molecule has 0 saturated heterocycles. The summed E-state index contributed by atoms with van der Waals surface area (Å²) in [6, 6.07) is 15.7. The molecule has 0 radical (unpaired) electrons. The van der Waals surface area contributed by atoms with Gasteiger partial charge < -0.3 is 10.1 Å². The van der Waals surface area contributed by atoms with Crippen molar-refractivity contribution in [3.63, 3.8) is 0 Å². The Hall–Kier alpha value is -2.29. The maximum atomic E-state index is 12.1. The Kier molecular flexibility index (Phi) is 5.38. The van der Waals surface area contributed by atoms with Crippen molar-refractivity contribution >= 4 is 11.6 Å². The van der Waals surface area contributed by atoms with Crippen LogP contribution in [0, 0.1) is 0 Å². The smallest absolute Gasteiger partial charge is 0.224 e. The average Bonchev–Trinajstić information content (AvgIpc) is 2.53. The van der Waals surface area contributed by atoms with E-state index in [0.29, 0.717) is 12.8 Å². The lowest BCUT2D eigenvalue weighted by Crippen LogP contribution is -2.13. The molecule has 2 rings (SSSR count). The Morgan fingerprint density at radius 3 is 2.43 bits per heavy atom. The van der Waals surface area contributed by atoms with Crippen molar-refractivity contribution in [2.75, 3.05) is 12.4 Å². The van der Waals surface area contributed by atoms with Crippen molar-refractivity contribution in [2.24, 2.45) is 0 Å². The number of carbonyl (C=O) groups excluding carboxylic acids is 1. The molecule has 1 N–H and O–H groups in total. The van der Waals surface area contributed by atoms with E-state index < -0.39 is 0 Å².